The molecule has 0 saturated carbocycles. The third-order valence-corrected chi connectivity index (χ3v) is 5.32. The van der Waals surface area contributed by atoms with Gasteiger partial charge in [0, 0.05) is 24.0 Å². The normalized spacial score (nSPS) is 22.9. The fourth-order valence-electron chi connectivity index (χ4n) is 3.49. The lowest BCUT2D eigenvalue weighted by atomic mass is 10.1. The van der Waals surface area contributed by atoms with Gasteiger partial charge in [-0.2, -0.15) is 0 Å². The van der Waals surface area contributed by atoms with Crippen molar-refractivity contribution in [2.75, 3.05) is 18.1 Å². The molecule has 0 radical (unpaired) electrons. The molecule has 0 N–H and O–H groups in total. The average molecular weight is 423 g/mol. The molecule has 0 aliphatic carbocycles. The Hall–Kier alpha value is -1.73. The number of benzene rings is 1. The summed E-state index contributed by atoms with van der Waals surface area (Å²) in [6.45, 7) is 2.98. The predicted octanol–water partition coefficient (Wildman–Crippen LogP) is 2.89. The maximum absolute atomic E-state index is 13.0. The smallest absolute Gasteiger partial charge is 0.257 e. The highest BCUT2D eigenvalue weighted by Crippen LogP contribution is 2.28. The number of imide groups is 1. The second-order valence-corrected chi connectivity index (χ2v) is 7.61. The number of anilines is 1. The first-order chi connectivity index (χ1) is 12.5. The number of halogens is 1. The molecule has 7 heteroatoms. The Labute approximate surface area is 161 Å². The second kappa shape index (κ2) is 8.31. The molecule has 1 aromatic rings. The minimum atomic E-state index is -0.741. The Balaban J connectivity index is 1.81. The Kier molecular flexibility index (Phi) is 6.09. The van der Waals surface area contributed by atoms with Crippen LogP contribution < -0.4 is 4.90 Å². The number of amides is 3. The summed E-state index contributed by atoms with van der Waals surface area (Å²) < 4.78 is 6.52. The monoisotopic (exact) mass is 422 g/mol. The maximum atomic E-state index is 13.0. The van der Waals surface area contributed by atoms with Gasteiger partial charge in [0.25, 0.3) is 5.91 Å². The molecule has 2 heterocycles. The number of carbonyl (C=O) groups is 3. The summed E-state index contributed by atoms with van der Waals surface area (Å²) in [6, 6.07) is 6.28. The lowest BCUT2D eigenvalue weighted by molar-refractivity contribution is -0.140. The molecule has 3 rings (SSSR count). The van der Waals surface area contributed by atoms with Crippen LogP contribution in [-0.4, -0.2) is 47.9 Å². The topological polar surface area (TPSA) is 66.9 Å². The number of carbonyl (C=O) groups excluding carboxylic acids is 3. The van der Waals surface area contributed by atoms with E-state index in [0.717, 1.165) is 17.3 Å². The van der Waals surface area contributed by atoms with Crippen LogP contribution in [0.2, 0.25) is 0 Å². The molecule has 6 nitrogen and oxygen atoms in total. The summed E-state index contributed by atoms with van der Waals surface area (Å²) in [5.41, 5.74) is 0.533. The summed E-state index contributed by atoms with van der Waals surface area (Å²) in [4.78, 5) is 40.9. The van der Waals surface area contributed by atoms with Crippen molar-refractivity contribution in [2.24, 2.45) is 0 Å². The summed E-state index contributed by atoms with van der Waals surface area (Å²) >= 11 is 3.35. The zero-order valence-corrected chi connectivity index (χ0v) is 16.4. The SMILES string of the molecule is CCCC(=O)N(CC1CCCO1)C1CC(=O)N(c2ccc(Br)cc2)C1=O. The lowest BCUT2D eigenvalue weighted by Crippen LogP contribution is -2.48. The third-order valence-electron chi connectivity index (χ3n) is 4.79. The van der Waals surface area contributed by atoms with E-state index >= 15 is 0 Å². The summed E-state index contributed by atoms with van der Waals surface area (Å²) in [5.74, 6) is -0.699. The van der Waals surface area contributed by atoms with Crippen molar-refractivity contribution < 1.29 is 19.1 Å². The van der Waals surface area contributed by atoms with Crippen molar-refractivity contribution >= 4 is 39.3 Å². The minimum absolute atomic E-state index is 0.0249. The van der Waals surface area contributed by atoms with Gasteiger partial charge in [0.1, 0.15) is 6.04 Å². The highest BCUT2D eigenvalue weighted by molar-refractivity contribution is 9.10. The van der Waals surface area contributed by atoms with Gasteiger partial charge < -0.3 is 9.64 Å². The first-order valence-corrected chi connectivity index (χ1v) is 9.84. The number of ether oxygens (including phenoxy) is 1. The van der Waals surface area contributed by atoms with Gasteiger partial charge in [-0.25, -0.2) is 4.90 Å². The van der Waals surface area contributed by atoms with Gasteiger partial charge in [-0.1, -0.05) is 22.9 Å². The first-order valence-electron chi connectivity index (χ1n) is 9.04. The van der Waals surface area contributed by atoms with Crippen molar-refractivity contribution in [3.8, 4) is 0 Å². The maximum Gasteiger partial charge on any atom is 0.257 e. The molecule has 3 amide bonds. The highest BCUT2D eigenvalue weighted by atomic mass is 79.9. The number of hydrogen-bond acceptors (Lipinski definition) is 4. The van der Waals surface area contributed by atoms with E-state index in [-0.39, 0.29) is 30.2 Å². The number of rotatable bonds is 6. The molecule has 2 aliphatic rings. The van der Waals surface area contributed by atoms with Gasteiger partial charge in [0.05, 0.1) is 18.2 Å². The third kappa shape index (κ3) is 3.99. The van der Waals surface area contributed by atoms with Gasteiger partial charge in [0.15, 0.2) is 0 Å². The fourth-order valence-corrected chi connectivity index (χ4v) is 3.75. The molecular formula is C19H23BrN2O4. The van der Waals surface area contributed by atoms with Gasteiger partial charge in [-0.15, -0.1) is 0 Å². The van der Waals surface area contributed by atoms with Crippen molar-refractivity contribution in [3.63, 3.8) is 0 Å². The molecule has 140 valence electrons. The van der Waals surface area contributed by atoms with Crippen LogP contribution in [0.5, 0.6) is 0 Å². The Morgan fingerprint density at radius 1 is 1.31 bits per heavy atom. The van der Waals surface area contributed by atoms with Gasteiger partial charge >= 0.3 is 0 Å². The largest absolute Gasteiger partial charge is 0.376 e. The first kappa shape index (κ1) is 19.0. The van der Waals surface area contributed by atoms with Crippen LogP contribution >= 0.6 is 15.9 Å². The van der Waals surface area contributed by atoms with E-state index in [1.54, 1.807) is 29.2 Å². The van der Waals surface area contributed by atoms with Crippen LogP contribution in [-0.2, 0) is 19.1 Å². The van der Waals surface area contributed by atoms with Crippen LogP contribution in [0.25, 0.3) is 0 Å². The molecule has 0 aromatic heterocycles. The summed E-state index contributed by atoms with van der Waals surface area (Å²) in [5, 5.41) is 0. The van der Waals surface area contributed by atoms with E-state index in [2.05, 4.69) is 15.9 Å². The van der Waals surface area contributed by atoms with Gasteiger partial charge in [-0.3, -0.25) is 14.4 Å². The Morgan fingerprint density at radius 2 is 2.04 bits per heavy atom. The van der Waals surface area contributed by atoms with Crippen LogP contribution in [0.1, 0.15) is 39.0 Å². The van der Waals surface area contributed by atoms with E-state index in [9.17, 15) is 14.4 Å². The molecule has 2 saturated heterocycles. The Morgan fingerprint density at radius 3 is 2.65 bits per heavy atom. The molecule has 2 atom stereocenters. The molecule has 0 spiro atoms. The zero-order valence-electron chi connectivity index (χ0n) is 14.8. The van der Waals surface area contributed by atoms with Crippen LogP contribution in [0, 0.1) is 0 Å². The van der Waals surface area contributed by atoms with E-state index in [4.69, 9.17) is 4.74 Å². The minimum Gasteiger partial charge on any atom is -0.376 e. The van der Waals surface area contributed by atoms with Gasteiger partial charge in [-0.05, 0) is 43.5 Å². The van der Waals surface area contributed by atoms with E-state index in [1.807, 2.05) is 6.92 Å². The molecular weight excluding hydrogens is 400 g/mol. The zero-order chi connectivity index (χ0) is 18.7. The lowest BCUT2D eigenvalue weighted by Gasteiger charge is -2.29. The second-order valence-electron chi connectivity index (χ2n) is 6.69. The predicted molar refractivity (Wildman–Crippen MR) is 101 cm³/mol. The van der Waals surface area contributed by atoms with Crippen molar-refractivity contribution in [1.29, 1.82) is 0 Å². The summed E-state index contributed by atoms with van der Waals surface area (Å²) in [7, 11) is 0. The van der Waals surface area contributed by atoms with Crippen LogP contribution in [0.15, 0.2) is 28.7 Å². The standard InChI is InChI=1S/C19H23BrN2O4/c1-2-4-17(23)21(12-15-5-3-10-26-15)16-11-18(24)22(19(16)25)14-8-6-13(20)7-9-14/h6-9,15-16H,2-5,10-12H2,1H3. The molecule has 26 heavy (non-hydrogen) atoms. The van der Waals surface area contributed by atoms with Crippen molar-refractivity contribution in [2.45, 2.75) is 51.2 Å². The van der Waals surface area contributed by atoms with E-state index < -0.39 is 6.04 Å². The van der Waals surface area contributed by atoms with Crippen LogP contribution in [0.4, 0.5) is 5.69 Å². The average Bonchev–Trinajstić information content (AvgIpc) is 3.22. The molecule has 0 bridgehead atoms. The fraction of sp³-hybridized carbons (Fsp3) is 0.526. The molecule has 1 aromatic carbocycles. The Bertz CT molecular complexity index is 685. The number of nitrogens with zero attached hydrogens (tertiary/aromatic N) is 2. The molecule has 2 unspecified atom stereocenters. The van der Waals surface area contributed by atoms with E-state index in [1.165, 1.54) is 4.90 Å². The van der Waals surface area contributed by atoms with Crippen molar-refractivity contribution in [3.05, 3.63) is 28.7 Å². The number of hydrogen-bond donors (Lipinski definition) is 0. The van der Waals surface area contributed by atoms with Crippen LogP contribution in [0.3, 0.4) is 0 Å². The highest BCUT2D eigenvalue weighted by Gasteiger charge is 2.44. The molecule has 2 fully saturated rings. The van der Waals surface area contributed by atoms with Crippen molar-refractivity contribution in [1.82, 2.24) is 4.90 Å². The summed E-state index contributed by atoms with van der Waals surface area (Å²) in [6.07, 6.45) is 2.87. The quantitative estimate of drug-likeness (QED) is 0.660. The van der Waals surface area contributed by atoms with E-state index in [0.29, 0.717) is 31.7 Å². The molecule has 2 aliphatic heterocycles. The van der Waals surface area contributed by atoms with Gasteiger partial charge in [0.2, 0.25) is 11.8 Å².